The first-order valence-electron chi connectivity index (χ1n) is 9.05. The number of carbonyl (C=O) groups excluding carboxylic acids is 2. The summed E-state index contributed by atoms with van der Waals surface area (Å²) in [6, 6.07) is 3.56. The van der Waals surface area contributed by atoms with Gasteiger partial charge in [-0.2, -0.15) is 0 Å². The lowest BCUT2D eigenvalue weighted by molar-refractivity contribution is -0.147. The Hall–Kier alpha value is -2.02. The van der Waals surface area contributed by atoms with Crippen LogP contribution in [-0.4, -0.2) is 49.2 Å². The number of esters is 1. The molecule has 1 aromatic heterocycles. The van der Waals surface area contributed by atoms with E-state index in [1.807, 2.05) is 12.1 Å². The summed E-state index contributed by atoms with van der Waals surface area (Å²) in [6.45, 7) is 6.34. The lowest BCUT2D eigenvalue weighted by Gasteiger charge is -2.33. The first-order chi connectivity index (χ1) is 12.1. The van der Waals surface area contributed by atoms with Gasteiger partial charge in [0.2, 0.25) is 0 Å². The number of hydrogen-bond acceptors (Lipinski definition) is 5. The number of amides is 2. The van der Waals surface area contributed by atoms with E-state index in [2.05, 4.69) is 15.5 Å². The molecule has 140 valence electrons. The number of ether oxygens (including phenoxy) is 1. The molecule has 0 aliphatic carbocycles. The second-order valence-corrected chi connectivity index (χ2v) is 6.55. The van der Waals surface area contributed by atoms with E-state index in [0.29, 0.717) is 6.54 Å². The minimum absolute atomic E-state index is 0.0342. The molecule has 2 amide bonds. The van der Waals surface area contributed by atoms with E-state index < -0.39 is 0 Å². The van der Waals surface area contributed by atoms with Crippen LogP contribution in [0.25, 0.3) is 0 Å². The highest BCUT2D eigenvalue weighted by molar-refractivity contribution is 5.75. The molecule has 0 spiro atoms. The normalized spacial score (nSPS) is 16.4. The molecule has 0 radical (unpaired) electrons. The fourth-order valence-electron chi connectivity index (χ4n) is 2.97. The third kappa shape index (κ3) is 6.78. The number of likely N-dealkylation sites (tertiary alicyclic amines) is 1. The molecule has 2 rings (SSSR count). The molecule has 1 saturated heterocycles. The molecule has 1 atom stereocenters. The number of carbonyl (C=O) groups is 2. The largest absolute Gasteiger partial charge is 0.468 e. The van der Waals surface area contributed by atoms with Crippen LogP contribution in [0.2, 0.25) is 0 Å². The second-order valence-electron chi connectivity index (χ2n) is 6.55. The number of piperidine rings is 1. The van der Waals surface area contributed by atoms with Gasteiger partial charge in [-0.25, -0.2) is 4.79 Å². The molecule has 7 nitrogen and oxygen atoms in total. The van der Waals surface area contributed by atoms with E-state index in [1.165, 1.54) is 19.3 Å². The Morgan fingerprint density at radius 3 is 2.64 bits per heavy atom. The molecule has 0 bridgehead atoms. The Morgan fingerprint density at radius 1 is 1.24 bits per heavy atom. The molecule has 1 unspecified atom stereocenters. The van der Waals surface area contributed by atoms with Gasteiger partial charge in [0.15, 0.2) is 0 Å². The van der Waals surface area contributed by atoms with Crippen LogP contribution in [0.4, 0.5) is 4.79 Å². The van der Waals surface area contributed by atoms with E-state index in [4.69, 9.17) is 9.15 Å². The van der Waals surface area contributed by atoms with E-state index >= 15 is 0 Å². The van der Waals surface area contributed by atoms with Crippen LogP contribution in [0.15, 0.2) is 22.8 Å². The van der Waals surface area contributed by atoms with Gasteiger partial charge >= 0.3 is 12.0 Å². The molecule has 2 heterocycles. The van der Waals surface area contributed by atoms with E-state index in [9.17, 15) is 9.59 Å². The lowest BCUT2D eigenvalue weighted by Crippen LogP contribution is -2.44. The van der Waals surface area contributed by atoms with Crippen molar-refractivity contribution in [2.24, 2.45) is 0 Å². The second kappa shape index (κ2) is 10.1. The van der Waals surface area contributed by atoms with Gasteiger partial charge in [-0.15, -0.1) is 0 Å². The van der Waals surface area contributed by atoms with Crippen LogP contribution in [-0.2, 0) is 9.53 Å². The summed E-state index contributed by atoms with van der Waals surface area (Å²) in [6.07, 6.45) is 5.27. The van der Waals surface area contributed by atoms with Gasteiger partial charge in [0, 0.05) is 13.1 Å². The summed E-state index contributed by atoms with van der Waals surface area (Å²) in [5.41, 5.74) is 0. The maximum atomic E-state index is 12.0. The first kappa shape index (κ1) is 19.3. The summed E-state index contributed by atoms with van der Waals surface area (Å²) in [4.78, 5) is 25.8. The lowest BCUT2D eigenvalue weighted by atomic mass is 10.1. The van der Waals surface area contributed by atoms with E-state index in [0.717, 1.165) is 18.8 Å². The average Bonchev–Trinajstić information content (AvgIpc) is 3.09. The van der Waals surface area contributed by atoms with Crippen molar-refractivity contribution in [2.45, 2.75) is 51.7 Å². The highest BCUT2D eigenvalue weighted by Crippen LogP contribution is 2.24. The number of rotatable bonds is 8. The van der Waals surface area contributed by atoms with Crippen molar-refractivity contribution in [1.29, 1.82) is 0 Å². The monoisotopic (exact) mass is 351 g/mol. The van der Waals surface area contributed by atoms with Gasteiger partial charge in [0.25, 0.3) is 0 Å². The fraction of sp³-hybridized carbons (Fsp3) is 0.667. The minimum Gasteiger partial charge on any atom is -0.468 e. The van der Waals surface area contributed by atoms with Gasteiger partial charge < -0.3 is 19.8 Å². The number of nitrogens with one attached hydrogen (secondary N) is 2. The summed E-state index contributed by atoms with van der Waals surface area (Å²) in [5, 5.41) is 5.57. The molecule has 0 saturated carbocycles. The molecule has 25 heavy (non-hydrogen) atoms. The molecule has 1 aliphatic heterocycles. The zero-order chi connectivity index (χ0) is 18.1. The Labute approximate surface area is 149 Å². The number of urea groups is 1. The Bertz CT molecular complexity index is 524. The molecular weight excluding hydrogens is 322 g/mol. The van der Waals surface area contributed by atoms with Crippen LogP contribution >= 0.6 is 0 Å². The predicted molar refractivity (Wildman–Crippen MR) is 94.1 cm³/mol. The smallest absolute Gasteiger partial charge is 0.314 e. The fourth-order valence-corrected chi connectivity index (χ4v) is 2.97. The van der Waals surface area contributed by atoms with Gasteiger partial charge in [0.1, 0.15) is 5.76 Å². The third-order valence-corrected chi connectivity index (χ3v) is 4.14. The Balaban J connectivity index is 1.76. The average molecular weight is 351 g/mol. The maximum Gasteiger partial charge on any atom is 0.314 e. The molecule has 1 aliphatic rings. The summed E-state index contributed by atoms with van der Waals surface area (Å²) >= 11 is 0. The van der Waals surface area contributed by atoms with Crippen molar-refractivity contribution in [3.63, 3.8) is 0 Å². The topological polar surface area (TPSA) is 83.8 Å². The number of furan rings is 1. The summed E-state index contributed by atoms with van der Waals surface area (Å²) < 4.78 is 10.6. The molecule has 1 aromatic rings. The molecule has 7 heteroatoms. The molecule has 2 N–H and O–H groups in total. The number of hydrogen-bond donors (Lipinski definition) is 2. The van der Waals surface area contributed by atoms with Gasteiger partial charge in [0.05, 0.1) is 24.8 Å². The van der Waals surface area contributed by atoms with Gasteiger partial charge in [-0.1, -0.05) is 6.42 Å². The summed E-state index contributed by atoms with van der Waals surface area (Å²) in [5.74, 6) is 0.555. The molecular formula is C18H29N3O4. The molecule has 0 aromatic carbocycles. The summed E-state index contributed by atoms with van der Waals surface area (Å²) in [7, 11) is 0. The highest BCUT2D eigenvalue weighted by atomic mass is 16.5. The van der Waals surface area contributed by atoms with Crippen molar-refractivity contribution in [3.8, 4) is 0 Å². The predicted octanol–water partition coefficient (Wildman–Crippen LogP) is 2.45. The van der Waals surface area contributed by atoms with Crippen LogP contribution < -0.4 is 10.6 Å². The van der Waals surface area contributed by atoms with Crippen molar-refractivity contribution in [2.75, 3.05) is 26.2 Å². The van der Waals surface area contributed by atoms with Crippen molar-refractivity contribution in [1.82, 2.24) is 15.5 Å². The zero-order valence-corrected chi connectivity index (χ0v) is 15.1. The highest BCUT2D eigenvalue weighted by Gasteiger charge is 2.24. The van der Waals surface area contributed by atoms with Gasteiger partial charge in [-0.05, 0) is 51.9 Å². The Morgan fingerprint density at radius 2 is 2.00 bits per heavy atom. The Kier molecular flexibility index (Phi) is 7.78. The zero-order valence-electron chi connectivity index (χ0n) is 15.1. The standard InChI is InChI=1S/C18H29N3O4/c1-14(2)25-17(22)8-9-19-18(23)20-13-15(16-7-6-12-24-16)21-10-4-3-5-11-21/h6-7,12,14-15H,3-5,8-11,13H2,1-2H3,(H2,19,20,23). The van der Waals surface area contributed by atoms with Crippen LogP contribution in [0.5, 0.6) is 0 Å². The minimum atomic E-state index is -0.308. The van der Waals surface area contributed by atoms with E-state index in [1.54, 1.807) is 20.1 Å². The van der Waals surface area contributed by atoms with Crippen LogP contribution in [0, 0.1) is 0 Å². The first-order valence-corrected chi connectivity index (χ1v) is 9.05. The molecule has 1 fully saturated rings. The SMILES string of the molecule is CC(C)OC(=O)CCNC(=O)NCC(c1ccco1)N1CCCCC1. The van der Waals surface area contributed by atoms with Crippen LogP contribution in [0.1, 0.15) is 51.3 Å². The van der Waals surface area contributed by atoms with Gasteiger partial charge in [-0.3, -0.25) is 9.69 Å². The van der Waals surface area contributed by atoms with Crippen molar-refractivity contribution < 1.29 is 18.7 Å². The number of nitrogens with zero attached hydrogens (tertiary/aromatic N) is 1. The van der Waals surface area contributed by atoms with E-state index in [-0.39, 0.29) is 37.1 Å². The maximum absolute atomic E-state index is 12.0. The third-order valence-electron chi connectivity index (χ3n) is 4.14. The quantitative estimate of drug-likeness (QED) is 0.703. The van der Waals surface area contributed by atoms with Crippen LogP contribution in [0.3, 0.4) is 0 Å². The van der Waals surface area contributed by atoms with Crippen molar-refractivity contribution >= 4 is 12.0 Å². The van der Waals surface area contributed by atoms with Crippen molar-refractivity contribution in [3.05, 3.63) is 24.2 Å².